The summed E-state index contributed by atoms with van der Waals surface area (Å²) in [5.41, 5.74) is 0. The molecule has 0 spiro atoms. The summed E-state index contributed by atoms with van der Waals surface area (Å²) in [5, 5.41) is 0.0281. The standard InChI is InChI=1S/C14H33NO2Si/c1-12(2)10-15(11-13(3)4)18(16-8,17-9)14(5,6)7/h12-13H,10-11H2,1-9H3. The summed E-state index contributed by atoms with van der Waals surface area (Å²) < 4.78 is 14.4. The third kappa shape index (κ3) is 4.33. The van der Waals surface area contributed by atoms with Crippen LogP contribution in [0, 0.1) is 11.8 Å². The lowest BCUT2D eigenvalue weighted by molar-refractivity contribution is 0.122. The summed E-state index contributed by atoms with van der Waals surface area (Å²) in [4.78, 5) is 0. The van der Waals surface area contributed by atoms with Gasteiger partial charge in [0.05, 0.1) is 0 Å². The van der Waals surface area contributed by atoms with Crippen LogP contribution in [-0.2, 0) is 8.85 Å². The van der Waals surface area contributed by atoms with Crippen LogP contribution < -0.4 is 0 Å². The molecule has 110 valence electrons. The molecule has 0 aliphatic rings. The first-order valence-corrected chi connectivity index (χ1v) is 8.72. The van der Waals surface area contributed by atoms with E-state index in [4.69, 9.17) is 8.85 Å². The van der Waals surface area contributed by atoms with Gasteiger partial charge in [0.15, 0.2) is 0 Å². The third-order valence-electron chi connectivity index (χ3n) is 3.09. The molecule has 4 heteroatoms. The summed E-state index contributed by atoms with van der Waals surface area (Å²) >= 11 is 0. The van der Waals surface area contributed by atoms with Crippen molar-refractivity contribution in [1.82, 2.24) is 4.57 Å². The average molecular weight is 276 g/mol. The molecule has 0 radical (unpaired) electrons. The molecule has 0 aromatic carbocycles. The van der Waals surface area contributed by atoms with E-state index < -0.39 is 8.72 Å². The van der Waals surface area contributed by atoms with Crippen molar-refractivity contribution in [2.75, 3.05) is 27.3 Å². The van der Waals surface area contributed by atoms with Gasteiger partial charge in [0, 0.05) is 19.3 Å². The lowest BCUT2D eigenvalue weighted by atomic mass is 10.2. The van der Waals surface area contributed by atoms with Crippen LogP contribution >= 0.6 is 0 Å². The summed E-state index contributed by atoms with van der Waals surface area (Å²) in [5.74, 6) is 1.23. The average Bonchev–Trinajstić information content (AvgIpc) is 2.15. The lowest BCUT2D eigenvalue weighted by Crippen LogP contribution is -2.64. The smallest absolute Gasteiger partial charge is 0.386 e. The van der Waals surface area contributed by atoms with E-state index in [1.807, 2.05) is 0 Å². The topological polar surface area (TPSA) is 21.7 Å². The summed E-state index contributed by atoms with van der Waals surface area (Å²) in [7, 11) is 1.23. The van der Waals surface area contributed by atoms with Gasteiger partial charge in [-0.05, 0) is 24.9 Å². The minimum absolute atomic E-state index is 0.0281. The first-order valence-electron chi connectivity index (χ1n) is 6.96. The Balaban J connectivity index is 5.33. The quantitative estimate of drug-likeness (QED) is 0.662. The molecule has 18 heavy (non-hydrogen) atoms. The highest BCUT2D eigenvalue weighted by Crippen LogP contribution is 2.39. The maximum absolute atomic E-state index is 5.96. The van der Waals surface area contributed by atoms with Gasteiger partial charge in [-0.3, -0.25) is 4.57 Å². The minimum atomic E-state index is -2.37. The molecule has 0 amide bonds. The Labute approximate surface area is 115 Å². The number of nitrogens with zero attached hydrogens (tertiary/aromatic N) is 1. The fourth-order valence-electron chi connectivity index (χ4n) is 2.62. The maximum atomic E-state index is 5.96. The lowest BCUT2D eigenvalue weighted by Gasteiger charge is -2.47. The van der Waals surface area contributed by atoms with Crippen molar-refractivity contribution >= 4 is 8.72 Å². The van der Waals surface area contributed by atoms with Gasteiger partial charge >= 0.3 is 8.72 Å². The molecule has 0 aliphatic heterocycles. The predicted molar refractivity (Wildman–Crippen MR) is 80.7 cm³/mol. The zero-order valence-corrected chi connectivity index (χ0v) is 14.8. The van der Waals surface area contributed by atoms with Crippen LogP contribution in [0.4, 0.5) is 0 Å². The van der Waals surface area contributed by atoms with Crippen molar-refractivity contribution in [2.45, 2.75) is 53.5 Å². The molecule has 0 saturated heterocycles. The largest absolute Gasteiger partial charge is 0.432 e. The normalized spacial score (nSPS) is 14.0. The zero-order valence-electron chi connectivity index (χ0n) is 13.8. The molecule has 0 rings (SSSR count). The molecule has 0 heterocycles. The van der Waals surface area contributed by atoms with E-state index in [0.717, 1.165) is 13.1 Å². The van der Waals surface area contributed by atoms with E-state index in [2.05, 4.69) is 53.0 Å². The van der Waals surface area contributed by atoms with Gasteiger partial charge in [-0.25, -0.2) is 0 Å². The molecular weight excluding hydrogens is 242 g/mol. The van der Waals surface area contributed by atoms with Gasteiger partial charge < -0.3 is 8.85 Å². The van der Waals surface area contributed by atoms with Crippen molar-refractivity contribution in [2.24, 2.45) is 11.8 Å². The second-order valence-corrected chi connectivity index (χ2v) is 11.0. The van der Waals surface area contributed by atoms with Crippen LogP contribution in [-0.4, -0.2) is 40.6 Å². The molecule has 0 aromatic heterocycles. The Morgan fingerprint density at radius 1 is 0.889 bits per heavy atom. The van der Waals surface area contributed by atoms with Crippen molar-refractivity contribution in [3.8, 4) is 0 Å². The van der Waals surface area contributed by atoms with Crippen molar-refractivity contribution in [3.05, 3.63) is 0 Å². The highest BCUT2D eigenvalue weighted by atomic mass is 28.4. The van der Waals surface area contributed by atoms with Crippen LogP contribution in [0.1, 0.15) is 48.5 Å². The van der Waals surface area contributed by atoms with Crippen LogP contribution in [0.25, 0.3) is 0 Å². The highest BCUT2D eigenvalue weighted by molar-refractivity contribution is 6.67. The molecule has 0 fully saturated rings. The van der Waals surface area contributed by atoms with E-state index in [0.29, 0.717) is 11.8 Å². The predicted octanol–water partition coefficient (Wildman–Crippen LogP) is 3.63. The van der Waals surface area contributed by atoms with E-state index in [1.165, 1.54) is 0 Å². The molecule has 0 atom stereocenters. The highest BCUT2D eigenvalue weighted by Gasteiger charge is 2.54. The van der Waals surface area contributed by atoms with Crippen LogP contribution in [0.2, 0.25) is 5.04 Å². The number of hydrogen-bond acceptors (Lipinski definition) is 3. The first kappa shape index (κ1) is 18.1. The van der Waals surface area contributed by atoms with Gasteiger partial charge in [-0.15, -0.1) is 0 Å². The molecule has 0 aromatic rings. The SMILES string of the molecule is CO[Si](OC)(N(CC(C)C)CC(C)C)C(C)(C)C. The van der Waals surface area contributed by atoms with E-state index in [9.17, 15) is 0 Å². The zero-order chi connectivity index (χ0) is 14.6. The van der Waals surface area contributed by atoms with Gasteiger partial charge in [-0.1, -0.05) is 48.5 Å². The molecule has 0 saturated carbocycles. The Hall–Kier alpha value is 0.0969. The summed E-state index contributed by atoms with van der Waals surface area (Å²) in [6.45, 7) is 17.7. The summed E-state index contributed by atoms with van der Waals surface area (Å²) in [6, 6.07) is 0. The van der Waals surface area contributed by atoms with Gasteiger partial charge in [-0.2, -0.15) is 0 Å². The fourth-order valence-corrected chi connectivity index (χ4v) is 6.69. The Morgan fingerprint density at radius 3 is 1.39 bits per heavy atom. The van der Waals surface area contributed by atoms with Gasteiger partial charge in [0.25, 0.3) is 0 Å². The van der Waals surface area contributed by atoms with E-state index in [-0.39, 0.29) is 5.04 Å². The molecule has 0 aliphatic carbocycles. The first-order chi connectivity index (χ1) is 8.10. The second-order valence-electron chi connectivity index (χ2n) is 6.93. The third-order valence-corrected chi connectivity index (χ3v) is 7.29. The maximum Gasteiger partial charge on any atom is 0.432 e. The monoisotopic (exact) mass is 275 g/mol. The summed E-state index contributed by atoms with van der Waals surface area (Å²) in [6.07, 6.45) is 0. The molecule has 3 nitrogen and oxygen atoms in total. The second kappa shape index (κ2) is 7.03. The Bertz CT molecular complexity index is 222. The van der Waals surface area contributed by atoms with E-state index in [1.54, 1.807) is 14.2 Å². The molecule has 0 unspecified atom stereocenters. The van der Waals surface area contributed by atoms with Crippen LogP contribution in [0.15, 0.2) is 0 Å². The van der Waals surface area contributed by atoms with Crippen molar-refractivity contribution < 1.29 is 8.85 Å². The van der Waals surface area contributed by atoms with E-state index >= 15 is 0 Å². The van der Waals surface area contributed by atoms with Gasteiger partial charge in [0.2, 0.25) is 0 Å². The van der Waals surface area contributed by atoms with Gasteiger partial charge in [0.1, 0.15) is 0 Å². The minimum Gasteiger partial charge on any atom is -0.386 e. The van der Waals surface area contributed by atoms with Crippen molar-refractivity contribution in [3.63, 3.8) is 0 Å². The Morgan fingerprint density at radius 2 is 1.22 bits per heavy atom. The number of rotatable bonds is 7. The number of hydrogen-bond donors (Lipinski definition) is 0. The fraction of sp³-hybridized carbons (Fsp3) is 1.00. The van der Waals surface area contributed by atoms with Crippen LogP contribution in [0.5, 0.6) is 0 Å². The molecule has 0 bridgehead atoms. The van der Waals surface area contributed by atoms with Crippen LogP contribution in [0.3, 0.4) is 0 Å². The molecular formula is C14H33NO2Si. The Kier molecular flexibility index (Phi) is 7.07. The molecule has 0 N–H and O–H groups in total. The van der Waals surface area contributed by atoms with Crippen molar-refractivity contribution in [1.29, 1.82) is 0 Å².